The Hall–Kier alpha value is -0.980. The summed E-state index contributed by atoms with van der Waals surface area (Å²) in [5.74, 6) is 0. The van der Waals surface area contributed by atoms with E-state index in [1.54, 1.807) is 0 Å². The molecular weight excluding hydrogens is 182 g/mol. The maximum atomic E-state index is 4.08. The van der Waals surface area contributed by atoms with E-state index in [1.807, 2.05) is 0 Å². The van der Waals surface area contributed by atoms with Gasteiger partial charge in [0, 0.05) is 18.8 Å². The molecule has 0 spiro atoms. The van der Waals surface area contributed by atoms with Crippen molar-refractivity contribution in [1.82, 2.24) is 4.90 Å². The van der Waals surface area contributed by atoms with Gasteiger partial charge in [0.15, 0.2) is 0 Å². The van der Waals surface area contributed by atoms with E-state index in [0.717, 1.165) is 12.8 Å². The Morgan fingerprint density at radius 3 is 2.80 bits per heavy atom. The summed E-state index contributed by atoms with van der Waals surface area (Å²) in [5, 5.41) is 0. The lowest BCUT2D eigenvalue weighted by atomic mass is 10.00. The van der Waals surface area contributed by atoms with Gasteiger partial charge in [-0.25, -0.2) is 0 Å². The van der Waals surface area contributed by atoms with Crippen LogP contribution in [-0.4, -0.2) is 18.0 Å². The van der Waals surface area contributed by atoms with Crippen LogP contribution in [0.1, 0.15) is 39.5 Å². The lowest BCUT2D eigenvalue weighted by Gasteiger charge is -2.29. The summed E-state index contributed by atoms with van der Waals surface area (Å²) in [5.41, 5.74) is 2.70. The molecule has 0 radical (unpaired) electrons. The number of hydrogen-bond donors (Lipinski definition) is 0. The first kappa shape index (κ1) is 12.1. The molecule has 84 valence electrons. The predicted molar refractivity (Wildman–Crippen MR) is 67.7 cm³/mol. The van der Waals surface area contributed by atoms with E-state index in [1.165, 1.54) is 24.1 Å². The molecule has 0 saturated carbocycles. The van der Waals surface area contributed by atoms with Crippen molar-refractivity contribution in [2.24, 2.45) is 0 Å². The van der Waals surface area contributed by atoms with Gasteiger partial charge < -0.3 is 4.90 Å². The van der Waals surface area contributed by atoms with Crippen LogP contribution in [0.5, 0.6) is 0 Å². The van der Waals surface area contributed by atoms with Crippen LogP contribution in [0.15, 0.2) is 36.1 Å². The minimum absolute atomic E-state index is 0.548. The Balaban J connectivity index is 2.47. The number of hydrogen-bond acceptors (Lipinski definition) is 1. The fourth-order valence-corrected chi connectivity index (χ4v) is 1.86. The largest absolute Gasteiger partial charge is 0.375 e. The van der Waals surface area contributed by atoms with Crippen molar-refractivity contribution >= 4 is 0 Å². The molecule has 0 aliphatic heterocycles. The highest BCUT2D eigenvalue weighted by Crippen LogP contribution is 2.19. The predicted octanol–water partition coefficient (Wildman–Crippen LogP) is 3.90. The van der Waals surface area contributed by atoms with Crippen molar-refractivity contribution in [2.45, 2.75) is 45.6 Å². The van der Waals surface area contributed by atoms with Crippen molar-refractivity contribution in [3.8, 4) is 0 Å². The first-order valence-electron chi connectivity index (χ1n) is 5.91. The van der Waals surface area contributed by atoms with E-state index in [0.29, 0.717) is 6.04 Å². The van der Waals surface area contributed by atoms with Crippen molar-refractivity contribution in [3.05, 3.63) is 36.1 Å². The van der Waals surface area contributed by atoms with Crippen LogP contribution in [0, 0.1) is 0 Å². The molecule has 1 aliphatic carbocycles. The maximum absolute atomic E-state index is 4.08. The van der Waals surface area contributed by atoms with E-state index >= 15 is 0 Å². The molecule has 0 aromatic heterocycles. The van der Waals surface area contributed by atoms with Crippen LogP contribution in [0.2, 0.25) is 0 Å². The standard InChI is InChI=1S/C14H23N/c1-5-12(2)15(4)13(3)11-14-9-7-6-8-10-14/h7,9-10,13H,2,5-6,8,11H2,1,3-4H3. The quantitative estimate of drug-likeness (QED) is 0.658. The zero-order chi connectivity index (χ0) is 11.3. The summed E-state index contributed by atoms with van der Waals surface area (Å²) in [6.45, 7) is 8.50. The molecular formula is C14H23N. The maximum Gasteiger partial charge on any atom is 0.0295 e. The molecule has 15 heavy (non-hydrogen) atoms. The minimum atomic E-state index is 0.548. The molecule has 0 N–H and O–H groups in total. The first-order valence-corrected chi connectivity index (χ1v) is 5.91. The summed E-state index contributed by atoms with van der Waals surface area (Å²) >= 11 is 0. The number of allylic oxidation sites excluding steroid dienone is 4. The third-order valence-electron chi connectivity index (χ3n) is 3.17. The zero-order valence-corrected chi connectivity index (χ0v) is 10.3. The summed E-state index contributed by atoms with van der Waals surface area (Å²) in [4.78, 5) is 2.29. The van der Waals surface area contributed by atoms with Crippen LogP contribution in [0.4, 0.5) is 0 Å². The Morgan fingerprint density at radius 1 is 1.53 bits per heavy atom. The van der Waals surface area contributed by atoms with E-state index in [9.17, 15) is 0 Å². The van der Waals surface area contributed by atoms with Crippen LogP contribution in [0.25, 0.3) is 0 Å². The molecule has 1 atom stereocenters. The van der Waals surface area contributed by atoms with Gasteiger partial charge in [0.25, 0.3) is 0 Å². The minimum Gasteiger partial charge on any atom is -0.375 e. The van der Waals surface area contributed by atoms with Gasteiger partial charge >= 0.3 is 0 Å². The highest BCUT2D eigenvalue weighted by Gasteiger charge is 2.11. The third-order valence-corrected chi connectivity index (χ3v) is 3.17. The molecule has 1 rings (SSSR count). The Bertz CT molecular complexity index is 273. The summed E-state index contributed by atoms with van der Waals surface area (Å²) in [7, 11) is 2.14. The summed E-state index contributed by atoms with van der Waals surface area (Å²) < 4.78 is 0. The van der Waals surface area contributed by atoms with Crippen LogP contribution in [-0.2, 0) is 0 Å². The normalized spacial score (nSPS) is 17.1. The molecule has 1 aliphatic rings. The average molecular weight is 205 g/mol. The van der Waals surface area contributed by atoms with E-state index in [2.05, 4.69) is 50.6 Å². The van der Waals surface area contributed by atoms with Crippen LogP contribution in [0.3, 0.4) is 0 Å². The fraction of sp³-hybridized carbons (Fsp3) is 0.571. The lowest BCUT2D eigenvalue weighted by Crippen LogP contribution is -2.28. The Kier molecular flexibility index (Phi) is 4.67. The SMILES string of the molecule is C=C(CC)N(C)C(C)CC1=CCCC=C1. The smallest absolute Gasteiger partial charge is 0.0295 e. The van der Waals surface area contributed by atoms with E-state index < -0.39 is 0 Å². The monoisotopic (exact) mass is 205 g/mol. The molecule has 0 amide bonds. The van der Waals surface area contributed by atoms with Crippen molar-refractivity contribution < 1.29 is 0 Å². The van der Waals surface area contributed by atoms with Gasteiger partial charge in [-0.15, -0.1) is 0 Å². The average Bonchev–Trinajstić information content (AvgIpc) is 2.28. The van der Waals surface area contributed by atoms with Gasteiger partial charge in [0.05, 0.1) is 0 Å². The van der Waals surface area contributed by atoms with Gasteiger partial charge in [-0.1, -0.05) is 37.3 Å². The van der Waals surface area contributed by atoms with E-state index in [-0.39, 0.29) is 0 Å². The molecule has 1 unspecified atom stereocenters. The van der Waals surface area contributed by atoms with Crippen molar-refractivity contribution in [3.63, 3.8) is 0 Å². The Morgan fingerprint density at radius 2 is 2.27 bits per heavy atom. The molecule has 1 heteroatoms. The second-order valence-electron chi connectivity index (χ2n) is 4.34. The molecule has 0 fully saturated rings. The molecule has 0 saturated heterocycles. The van der Waals surface area contributed by atoms with Crippen LogP contribution >= 0.6 is 0 Å². The van der Waals surface area contributed by atoms with Gasteiger partial charge in [0.2, 0.25) is 0 Å². The second kappa shape index (κ2) is 5.79. The Labute approximate surface area is 94.2 Å². The van der Waals surface area contributed by atoms with E-state index in [4.69, 9.17) is 0 Å². The summed E-state index contributed by atoms with van der Waals surface area (Å²) in [6.07, 6.45) is 11.5. The summed E-state index contributed by atoms with van der Waals surface area (Å²) in [6, 6.07) is 0.548. The molecule has 0 bridgehead atoms. The number of rotatable bonds is 5. The van der Waals surface area contributed by atoms with Gasteiger partial charge in [-0.05, 0) is 32.6 Å². The molecule has 0 heterocycles. The second-order valence-corrected chi connectivity index (χ2v) is 4.34. The van der Waals surface area contributed by atoms with Gasteiger partial charge in [-0.3, -0.25) is 0 Å². The van der Waals surface area contributed by atoms with Crippen LogP contribution < -0.4 is 0 Å². The van der Waals surface area contributed by atoms with Gasteiger partial charge in [-0.2, -0.15) is 0 Å². The van der Waals surface area contributed by atoms with Gasteiger partial charge in [0.1, 0.15) is 0 Å². The molecule has 0 aromatic rings. The highest BCUT2D eigenvalue weighted by molar-refractivity contribution is 5.23. The zero-order valence-electron chi connectivity index (χ0n) is 10.3. The molecule has 0 aromatic carbocycles. The molecule has 1 nitrogen and oxygen atoms in total. The topological polar surface area (TPSA) is 3.24 Å². The highest BCUT2D eigenvalue weighted by atomic mass is 15.1. The number of nitrogens with zero attached hydrogens (tertiary/aromatic N) is 1. The lowest BCUT2D eigenvalue weighted by molar-refractivity contribution is 0.315. The van der Waals surface area contributed by atoms with Crippen molar-refractivity contribution in [2.75, 3.05) is 7.05 Å². The third kappa shape index (κ3) is 3.58. The van der Waals surface area contributed by atoms with Crippen molar-refractivity contribution in [1.29, 1.82) is 0 Å². The first-order chi connectivity index (χ1) is 7.15. The fourth-order valence-electron chi connectivity index (χ4n) is 1.86.